The Labute approximate surface area is 153 Å². The van der Waals surface area contributed by atoms with E-state index in [1.807, 2.05) is 44.2 Å². The number of aryl methyl sites for hydroxylation is 2. The Hall–Kier alpha value is -2.75. The number of pyridine rings is 1. The maximum absolute atomic E-state index is 13.1. The zero-order valence-corrected chi connectivity index (χ0v) is 15.2. The van der Waals surface area contributed by atoms with E-state index in [0.29, 0.717) is 6.42 Å². The zero-order chi connectivity index (χ0) is 18.3. The minimum atomic E-state index is -0.228. The lowest BCUT2D eigenvalue weighted by atomic mass is 9.78. The lowest BCUT2D eigenvalue weighted by Gasteiger charge is -2.38. The number of hydrogen-bond donors (Lipinski definition) is 0. The second kappa shape index (κ2) is 6.52. The molecule has 2 aromatic rings. The molecule has 4 heteroatoms. The number of anilines is 1. The summed E-state index contributed by atoms with van der Waals surface area (Å²) in [6.07, 6.45) is 4.11. The predicted molar refractivity (Wildman–Crippen MR) is 101 cm³/mol. The average molecular weight is 346 g/mol. The number of carbonyl (C=O) groups is 2. The van der Waals surface area contributed by atoms with E-state index in [1.165, 1.54) is 0 Å². The van der Waals surface area contributed by atoms with E-state index >= 15 is 0 Å². The summed E-state index contributed by atoms with van der Waals surface area (Å²) in [5.41, 5.74) is 5.57. The van der Waals surface area contributed by atoms with Gasteiger partial charge >= 0.3 is 0 Å². The van der Waals surface area contributed by atoms with Gasteiger partial charge in [0.1, 0.15) is 0 Å². The molecule has 0 bridgehead atoms. The van der Waals surface area contributed by atoms with Crippen molar-refractivity contribution >= 4 is 17.4 Å². The van der Waals surface area contributed by atoms with Crippen molar-refractivity contribution in [2.24, 2.45) is 0 Å². The number of benzene rings is 1. The van der Waals surface area contributed by atoms with Crippen LogP contribution < -0.4 is 4.90 Å². The minimum absolute atomic E-state index is 0.0408. The summed E-state index contributed by atoms with van der Waals surface area (Å²) < 4.78 is 0. The number of nitrogens with zero attached hydrogens (tertiary/aromatic N) is 2. The van der Waals surface area contributed by atoms with Crippen molar-refractivity contribution in [3.8, 4) is 0 Å². The van der Waals surface area contributed by atoms with Gasteiger partial charge in [0.25, 0.3) is 0 Å². The van der Waals surface area contributed by atoms with Gasteiger partial charge in [0.2, 0.25) is 5.91 Å². The van der Waals surface area contributed by atoms with Crippen LogP contribution in [0.4, 0.5) is 5.69 Å². The molecule has 1 atom stereocenters. The molecule has 1 aromatic heterocycles. The van der Waals surface area contributed by atoms with Crippen LogP contribution in [-0.2, 0) is 9.59 Å². The zero-order valence-electron chi connectivity index (χ0n) is 15.2. The van der Waals surface area contributed by atoms with E-state index in [4.69, 9.17) is 0 Å². The van der Waals surface area contributed by atoms with Crippen molar-refractivity contribution in [3.05, 3.63) is 70.7 Å². The number of Topliss-reactive ketones (excluding diaryl/α,β-unsaturated/α-hetero) is 1. The first-order chi connectivity index (χ1) is 12.5. The molecular weight excluding hydrogens is 324 g/mol. The molecule has 4 rings (SSSR count). The Morgan fingerprint density at radius 2 is 1.81 bits per heavy atom. The normalized spacial score (nSPS) is 20.4. The van der Waals surface area contributed by atoms with Gasteiger partial charge in [-0.3, -0.25) is 19.5 Å². The summed E-state index contributed by atoms with van der Waals surface area (Å²) in [6, 6.07) is 11.8. The Morgan fingerprint density at radius 3 is 2.50 bits per heavy atom. The molecule has 0 spiro atoms. The molecule has 1 amide bonds. The number of carbonyl (C=O) groups excluding carboxylic acids is 2. The largest absolute Gasteiger partial charge is 0.294 e. The highest BCUT2D eigenvalue weighted by molar-refractivity contribution is 6.07. The van der Waals surface area contributed by atoms with Gasteiger partial charge in [-0.05, 0) is 62.1 Å². The first kappa shape index (κ1) is 16.7. The van der Waals surface area contributed by atoms with Crippen molar-refractivity contribution in [1.29, 1.82) is 0 Å². The quantitative estimate of drug-likeness (QED) is 0.818. The molecule has 1 aromatic carbocycles. The maximum atomic E-state index is 13.1. The Morgan fingerprint density at radius 1 is 1.04 bits per heavy atom. The Balaban J connectivity index is 1.88. The number of rotatable bonds is 2. The van der Waals surface area contributed by atoms with Crippen LogP contribution in [0.2, 0.25) is 0 Å². The first-order valence-electron chi connectivity index (χ1n) is 9.13. The van der Waals surface area contributed by atoms with Crippen LogP contribution in [0, 0.1) is 13.8 Å². The molecule has 0 fully saturated rings. The highest BCUT2D eigenvalue weighted by atomic mass is 16.2. The molecule has 2 aliphatic rings. The average Bonchev–Trinajstić information content (AvgIpc) is 2.61. The van der Waals surface area contributed by atoms with Crippen molar-refractivity contribution < 1.29 is 9.59 Å². The molecule has 132 valence electrons. The maximum Gasteiger partial charge on any atom is 0.232 e. The van der Waals surface area contributed by atoms with E-state index in [1.54, 1.807) is 11.1 Å². The van der Waals surface area contributed by atoms with Crippen molar-refractivity contribution in [2.75, 3.05) is 4.90 Å². The third-order valence-corrected chi connectivity index (χ3v) is 5.18. The van der Waals surface area contributed by atoms with Crippen LogP contribution in [0.5, 0.6) is 0 Å². The molecule has 0 N–H and O–H groups in total. The number of amides is 1. The van der Waals surface area contributed by atoms with Gasteiger partial charge in [0.15, 0.2) is 5.78 Å². The number of hydrogen-bond acceptors (Lipinski definition) is 3. The van der Waals surface area contributed by atoms with Crippen LogP contribution in [0.15, 0.2) is 53.9 Å². The third kappa shape index (κ3) is 2.85. The standard InChI is InChI=1S/C22H22N2O2/c1-14-10-15(2)12-16(11-14)24-19-7-5-8-20(25)22(19)17(13-21(24)26)18-6-3-4-9-23-18/h3-4,6,9-12,17H,5,7-8,13H2,1-2H3. The highest BCUT2D eigenvalue weighted by Crippen LogP contribution is 2.43. The summed E-state index contributed by atoms with van der Waals surface area (Å²) >= 11 is 0. The summed E-state index contributed by atoms with van der Waals surface area (Å²) in [5.74, 6) is -0.0310. The van der Waals surface area contributed by atoms with Gasteiger partial charge in [-0.1, -0.05) is 12.1 Å². The van der Waals surface area contributed by atoms with Crippen LogP contribution >= 0.6 is 0 Å². The van der Waals surface area contributed by atoms with Gasteiger partial charge in [-0.25, -0.2) is 0 Å². The van der Waals surface area contributed by atoms with Crippen LogP contribution in [-0.4, -0.2) is 16.7 Å². The Bertz CT molecular complexity index is 895. The fraction of sp³-hybridized carbons (Fsp3) is 0.318. The minimum Gasteiger partial charge on any atom is -0.294 e. The van der Waals surface area contributed by atoms with E-state index in [2.05, 4.69) is 11.1 Å². The fourth-order valence-corrected chi connectivity index (χ4v) is 4.21. The molecule has 0 saturated carbocycles. The molecule has 1 unspecified atom stereocenters. The smallest absolute Gasteiger partial charge is 0.232 e. The monoisotopic (exact) mass is 346 g/mol. The lowest BCUT2D eigenvalue weighted by Crippen LogP contribution is -2.40. The van der Waals surface area contributed by atoms with Crippen molar-refractivity contribution in [1.82, 2.24) is 4.98 Å². The second-order valence-electron chi connectivity index (χ2n) is 7.22. The number of ketones is 1. The Kier molecular flexibility index (Phi) is 4.19. The summed E-state index contributed by atoms with van der Waals surface area (Å²) in [4.78, 5) is 32.1. The second-order valence-corrected chi connectivity index (χ2v) is 7.22. The van der Waals surface area contributed by atoms with E-state index in [-0.39, 0.29) is 24.0 Å². The van der Waals surface area contributed by atoms with Gasteiger partial charge in [0.05, 0.1) is 0 Å². The third-order valence-electron chi connectivity index (χ3n) is 5.18. The molecule has 1 aliphatic carbocycles. The van der Waals surface area contributed by atoms with Gasteiger partial charge in [-0.2, -0.15) is 0 Å². The van der Waals surface area contributed by atoms with Crippen LogP contribution in [0.1, 0.15) is 48.4 Å². The molecule has 1 aliphatic heterocycles. The van der Waals surface area contributed by atoms with E-state index in [9.17, 15) is 9.59 Å². The highest BCUT2D eigenvalue weighted by Gasteiger charge is 2.40. The van der Waals surface area contributed by atoms with Gasteiger partial charge in [0, 0.05) is 47.6 Å². The number of allylic oxidation sites excluding steroid dienone is 2. The first-order valence-corrected chi connectivity index (χ1v) is 9.13. The topological polar surface area (TPSA) is 50.3 Å². The SMILES string of the molecule is Cc1cc(C)cc(N2C(=O)CC(c3ccccn3)C3=C2CCCC3=O)c1. The number of aromatic nitrogens is 1. The summed E-state index contributed by atoms with van der Waals surface area (Å²) in [6.45, 7) is 4.06. The molecule has 2 heterocycles. The fourth-order valence-electron chi connectivity index (χ4n) is 4.21. The molecular formula is C22H22N2O2. The van der Waals surface area contributed by atoms with Gasteiger partial charge < -0.3 is 0 Å². The van der Waals surface area contributed by atoms with E-state index < -0.39 is 0 Å². The molecule has 0 saturated heterocycles. The predicted octanol–water partition coefficient (Wildman–Crippen LogP) is 4.23. The summed E-state index contributed by atoms with van der Waals surface area (Å²) in [5, 5.41) is 0. The van der Waals surface area contributed by atoms with Crippen LogP contribution in [0.3, 0.4) is 0 Å². The summed E-state index contributed by atoms with van der Waals surface area (Å²) in [7, 11) is 0. The molecule has 26 heavy (non-hydrogen) atoms. The van der Waals surface area contributed by atoms with E-state index in [0.717, 1.165) is 46.6 Å². The lowest BCUT2D eigenvalue weighted by molar-refractivity contribution is -0.120. The molecule has 0 radical (unpaired) electrons. The van der Waals surface area contributed by atoms with Gasteiger partial charge in [-0.15, -0.1) is 0 Å². The molecule has 4 nitrogen and oxygen atoms in total. The van der Waals surface area contributed by atoms with Crippen molar-refractivity contribution in [2.45, 2.75) is 45.4 Å². The van der Waals surface area contributed by atoms with Crippen molar-refractivity contribution in [3.63, 3.8) is 0 Å². The van der Waals surface area contributed by atoms with Crippen LogP contribution in [0.25, 0.3) is 0 Å².